The summed E-state index contributed by atoms with van der Waals surface area (Å²) in [6, 6.07) is 14.9. The molecule has 1 amide bonds. The summed E-state index contributed by atoms with van der Waals surface area (Å²) in [5.74, 6) is -0.786. The molecule has 0 saturated heterocycles. The number of carbonyl (C=O) groups is 1. The number of hydrogen-bond acceptors (Lipinski definition) is 3. The van der Waals surface area contributed by atoms with Crippen molar-refractivity contribution in [3.8, 4) is 0 Å². The second-order valence-electron chi connectivity index (χ2n) is 5.77. The Labute approximate surface area is 139 Å². The molecular formula is C19H20N2O3. The highest BCUT2D eigenvalue weighted by Gasteiger charge is 2.12. The third-order valence-corrected chi connectivity index (χ3v) is 3.93. The van der Waals surface area contributed by atoms with Crippen LogP contribution in [0.4, 0.5) is 5.69 Å². The molecule has 1 N–H and O–H groups in total. The van der Waals surface area contributed by atoms with Crippen LogP contribution in [0.5, 0.6) is 0 Å². The molecule has 3 aromatic rings. The normalized spacial score (nSPS) is 10.9. The first-order chi connectivity index (χ1) is 11.7. The van der Waals surface area contributed by atoms with Crippen LogP contribution in [0.1, 0.15) is 25.3 Å². The Morgan fingerprint density at radius 2 is 1.88 bits per heavy atom. The lowest BCUT2D eigenvalue weighted by atomic mass is 10.1. The largest absolute Gasteiger partial charge is 0.420 e. The number of unbranched alkanes of at least 4 members (excludes halogenated alkanes) is 1. The average molecular weight is 324 g/mol. The molecule has 0 fully saturated rings. The first-order valence-electron chi connectivity index (χ1n) is 8.14. The summed E-state index contributed by atoms with van der Waals surface area (Å²) >= 11 is 0. The molecule has 0 saturated carbocycles. The summed E-state index contributed by atoms with van der Waals surface area (Å²) < 4.78 is 6.46. The van der Waals surface area contributed by atoms with E-state index in [1.54, 1.807) is 24.3 Å². The number of benzene rings is 2. The van der Waals surface area contributed by atoms with Gasteiger partial charge in [-0.25, -0.2) is 4.79 Å². The molecule has 24 heavy (non-hydrogen) atoms. The molecule has 3 rings (SSSR count). The Hall–Kier alpha value is -2.82. The second-order valence-corrected chi connectivity index (χ2v) is 5.77. The summed E-state index contributed by atoms with van der Waals surface area (Å²) in [5, 5.41) is 2.82. The van der Waals surface area contributed by atoms with E-state index < -0.39 is 5.76 Å². The molecule has 0 spiro atoms. The number of aromatic nitrogens is 1. The smallest absolute Gasteiger partial charge is 0.408 e. The number of amides is 1. The molecule has 5 heteroatoms. The van der Waals surface area contributed by atoms with Crippen LogP contribution < -0.4 is 11.1 Å². The van der Waals surface area contributed by atoms with Gasteiger partial charge in [-0.05, 0) is 42.7 Å². The van der Waals surface area contributed by atoms with E-state index in [1.165, 1.54) is 10.1 Å². The van der Waals surface area contributed by atoms with Crippen LogP contribution in [-0.4, -0.2) is 10.5 Å². The third kappa shape index (κ3) is 3.56. The maximum Gasteiger partial charge on any atom is 0.420 e. The minimum Gasteiger partial charge on any atom is -0.408 e. The number of para-hydroxylation sites is 2. The zero-order valence-electron chi connectivity index (χ0n) is 13.6. The highest BCUT2D eigenvalue weighted by atomic mass is 16.4. The van der Waals surface area contributed by atoms with Crippen molar-refractivity contribution in [1.82, 2.24) is 4.57 Å². The molecule has 1 heterocycles. The van der Waals surface area contributed by atoms with Crippen molar-refractivity contribution >= 4 is 22.7 Å². The first kappa shape index (κ1) is 16.1. The van der Waals surface area contributed by atoms with Crippen LogP contribution in [0.25, 0.3) is 11.1 Å². The third-order valence-electron chi connectivity index (χ3n) is 3.93. The van der Waals surface area contributed by atoms with Crippen LogP contribution in [0.3, 0.4) is 0 Å². The predicted molar refractivity (Wildman–Crippen MR) is 94.2 cm³/mol. The van der Waals surface area contributed by atoms with Gasteiger partial charge < -0.3 is 9.73 Å². The van der Waals surface area contributed by atoms with Gasteiger partial charge in [0.05, 0.1) is 5.52 Å². The molecule has 0 atom stereocenters. The summed E-state index contributed by atoms with van der Waals surface area (Å²) in [6.45, 7) is 2.09. The Kier molecular flexibility index (Phi) is 4.79. The second kappa shape index (κ2) is 7.17. The van der Waals surface area contributed by atoms with Gasteiger partial charge in [-0.15, -0.1) is 0 Å². The quantitative estimate of drug-likeness (QED) is 0.754. The fourth-order valence-electron chi connectivity index (χ4n) is 2.64. The molecule has 0 aliphatic carbocycles. The number of oxazole rings is 1. The Bertz CT molecular complexity index is 891. The minimum atomic E-state index is -0.527. The number of rotatable bonds is 6. The van der Waals surface area contributed by atoms with E-state index in [2.05, 4.69) is 12.2 Å². The number of nitrogens with zero attached hydrogens (tertiary/aromatic N) is 1. The standard InChI is InChI=1S/C19H20N2O3/c1-2-3-6-14-9-11-15(12-10-14)20-18(22)13-21-16-7-4-5-8-17(16)24-19(21)23/h4-5,7-12H,2-3,6,13H2,1H3,(H,20,22). The molecular weight excluding hydrogens is 304 g/mol. The molecule has 2 aromatic carbocycles. The highest BCUT2D eigenvalue weighted by Crippen LogP contribution is 2.14. The zero-order valence-corrected chi connectivity index (χ0v) is 13.6. The SMILES string of the molecule is CCCCc1ccc(NC(=O)Cn2c(=O)oc3ccccc32)cc1. The number of carbonyl (C=O) groups excluding carboxylic acids is 1. The van der Waals surface area contributed by atoms with E-state index >= 15 is 0 Å². The molecule has 0 radical (unpaired) electrons. The van der Waals surface area contributed by atoms with Gasteiger partial charge in [0.2, 0.25) is 5.91 Å². The Morgan fingerprint density at radius 1 is 1.12 bits per heavy atom. The number of anilines is 1. The lowest BCUT2D eigenvalue weighted by Crippen LogP contribution is -2.24. The summed E-state index contributed by atoms with van der Waals surface area (Å²) in [4.78, 5) is 24.1. The van der Waals surface area contributed by atoms with Crippen molar-refractivity contribution in [2.75, 3.05) is 5.32 Å². The van der Waals surface area contributed by atoms with Gasteiger partial charge in [0, 0.05) is 5.69 Å². The molecule has 0 bridgehead atoms. The number of hydrogen-bond donors (Lipinski definition) is 1. The molecule has 0 aliphatic heterocycles. The van der Waals surface area contributed by atoms with Gasteiger partial charge in [0.1, 0.15) is 6.54 Å². The van der Waals surface area contributed by atoms with Crippen LogP contribution in [0.15, 0.2) is 57.7 Å². The molecule has 5 nitrogen and oxygen atoms in total. The van der Waals surface area contributed by atoms with Crippen LogP contribution in [-0.2, 0) is 17.8 Å². The summed E-state index contributed by atoms with van der Waals surface area (Å²) in [7, 11) is 0. The van der Waals surface area contributed by atoms with Crippen LogP contribution in [0.2, 0.25) is 0 Å². The average Bonchev–Trinajstić information content (AvgIpc) is 2.90. The zero-order chi connectivity index (χ0) is 16.9. The number of fused-ring (bicyclic) bond motifs is 1. The molecule has 0 unspecified atom stereocenters. The first-order valence-corrected chi connectivity index (χ1v) is 8.14. The lowest BCUT2D eigenvalue weighted by molar-refractivity contribution is -0.116. The van der Waals surface area contributed by atoms with Gasteiger partial charge in [0.25, 0.3) is 0 Å². The van der Waals surface area contributed by atoms with E-state index in [9.17, 15) is 9.59 Å². The van der Waals surface area contributed by atoms with Crippen molar-refractivity contribution in [1.29, 1.82) is 0 Å². The van der Waals surface area contributed by atoms with Gasteiger partial charge >= 0.3 is 5.76 Å². The van der Waals surface area contributed by atoms with Crippen molar-refractivity contribution in [3.63, 3.8) is 0 Å². The fourth-order valence-corrected chi connectivity index (χ4v) is 2.64. The maximum atomic E-state index is 12.2. The number of nitrogens with one attached hydrogen (secondary N) is 1. The van der Waals surface area contributed by atoms with Crippen molar-refractivity contribution in [3.05, 3.63) is 64.6 Å². The summed E-state index contributed by atoms with van der Waals surface area (Å²) in [5.41, 5.74) is 3.08. The van der Waals surface area contributed by atoms with Gasteiger partial charge in [-0.3, -0.25) is 9.36 Å². The van der Waals surface area contributed by atoms with E-state index in [4.69, 9.17) is 4.42 Å². The van der Waals surface area contributed by atoms with Crippen molar-refractivity contribution < 1.29 is 9.21 Å². The fraction of sp³-hybridized carbons (Fsp3) is 0.263. The van der Waals surface area contributed by atoms with Gasteiger partial charge in [-0.2, -0.15) is 0 Å². The lowest BCUT2D eigenvalue weighted by Gasteiger charge is -2.07. The van der Waals surface area contributed by atoms with Crippen molar-refractivity contribution in [2.45, 2.75) is 32.7 Å². The van der Waals surface area contributed by atoms with Crippen molar-refractivity contribution in [2.24, 2.45) is 0 Å². The monoisotopic (exact) mass is 324 g/mol. The van der Waals surface area contributed by atoms with E-state index in [-0.39, 0.29) is 12.5 Å². The number of aryl methyl sites for hydroxylation is 1. The molecule has 124 valence electrons. The van der Waals surface area contributed by atoms with Crippen LogP contribution >= 0.6 is 0 Å². The molecule has 0 aliphatic rings. The summed E-state index contributed by atoms with van der Waals surface area (Å²) in [6.07, 6.45) is 3.36. The van der Waals surface area contributed by atoms with Gasteiger partial charge in [0.15, 0.2) is 5.58 Å². The van der Waals surface area contributed by atoms with E-state index in [0.717, 1.165) is 24.9 Å². The van der Waals surface area contributed by atoms with Gasteiger partial charge in [-0.1, -0.05) is 37.6 Å². The highest BCUT2D eigenvalue weighted by molar-refractivity contribution is 5.91. The minimum absolute atomic E-state index is 0.0760. The van der Waals surface area contributed by atoms with E-state index in [1.807, 2.05) is 24.3 Å². The maximum absolute atomic E-state index is 12.2. The molecule has 1 aromatic heterocycles. The Morgan fingerprint density at radius 3 is 2.62 bits per heavy atom. The van der Waals surface area contributed by atoms with Crippen LogP contribution in [0, 0.1) is 0 Å². The Balaban J connectivity index is 1.69. The predicted octanol–water partition coefficient (Wildman–Crippen LogP) is 3.58. The van der Waals surface area contributed by atoms with E-state index in [0.29, 0.717) is 11.1 Å². The topological polar surface area (TPSA) is 64.2 Å².